The van der Waals surface area contributed by atoms with Crippen LogP contribution in [0.2, 0.25) is 0 Å². The Hall–Kier alpha value is -2.74. The van der Waals surface area contributed by atoms with Gasteiger partial charge in [-0.05, 0) is 54.8 Å². The average molecular weight is 464 g/mol. The van der Waals surface area contributed by atoms with E-state index >= 15 is 0 Å². The molecule has 2 saturated heterocycles. The first-order valence-electron chi connectivity index (χ1n) is 12.1. The normalized spacial score (nSPS) is 22.3. The first kappa shape index (κ1) is 23.0. The molecule has 180 valence electrons. The maximum atomic E-state index is 13.6. The van der Waals surface area contributed by atoms with E-state index in [1.807, 2.05) is 24.3 Å². The number of carbonyl (C=O) groups excluding carboxylic acids is 1. The first-order valence-corrected chi connectivity index (χ1v) is 12.1. The number of hydrazone groups is 1. The number of nitrogens with zero attached hydrogens (tertiary/aromatic N) is 3. The molecule has 2 fully saturated rings. The third-order valence-electron chi connectivity index (χ3n) is 7.16. The number of aryl methyl sites for hydroxylation is 2. The van der Waals surface area contributed by atoms with E-state index in [1.165, 1.54) is 11.1 Å². The van der Waals surface area contributed by atoms with Crippen LogP contribution in [0.3, 0.4) is 0 Å². The van der Waals surface area contributed by atoms with E-state index < -0.39 is 5.79 Å². The molecule has 3 aliphatic heterocycles. The summed E-state index contributed by atoms with van der Waals surface area (Å²) in [6.45, 7) is 7.43. The summed E-state index contributed by atoms with van der Waals surface area (Å²) in [5.41, 5.74) is 5.49. The van der Waals surface area contributed by atoms with E-state index in [4.69, 9.17) is 19.3 Å². The van der Waals surface area contributed by atoms with Crippen molar-refractivity contribution >= 4 is 11.6 Å². The van der Waals surface area contributed by atoms with Gasteiger partial charge in [-0.25, -0.2) is 5.01 Å². The zero-order valence-electron chi connectivity index (χ0n) is 20.3. The van der Waals surface area contributed by atoms with Crippen LogP contribution >= 0.6 is 0 Å². The summed E-state index contributed by atoms with van der Waals surface area (Å²) in [6.07, 6.45) is 2.27. The second-order valence-electron chi connectivity index (χ2n) is 9.48. The van der Waals surface area contributed by atoms with Crippen molar-refractivity contribution in [2.24, 2.45) is 5.10 Å². The van der Waals surface area contributed by atoms with Crippen molar-refractivity contribution < 1.29 is 19.0 Å². The van der Waals surface area contributed by atoms with E-state index in [2.05, 4.69) is 36.9 Å². The lowest BCUT2D eigenvalue weighted by atomic mass is 9.94. The summed E-state index contributed by atoms with van der Waals surface area (Å²) in [7, 11) is 1.66. The predicted molar refractivity (Wildman–Crippen MR) is 130 cm³/mol. The van der Waals surface area contributed by atoms with Gasteiger partial charge < -0.3 is 14.2 Å². The molecule has 1 amide bonds. The molecular weight excluding hydrogens is 430 g/mol. The molecule has 0 aromatic heterocycles. The van der Waals surface area contributed by atoms with Gasteiger partial charge in [-0.3, -0.25) is 9.69 Å². The SMILES string of the molecule is COc1ccc(C2=NN(C(=O)CN3CCC4(CC3)OCCO4)[C@@H](c3ccc(C)cc3C)C2)cc1. The lowest BCUT2D eigenvalue weighted by Crippen LogP contribution is -2.48. The second-order valence-corrected chi connectivity index (χ2v) is 9.48. The molecule has 0 aliphatic carbocycles. The number of amides is 1. The van der Waals surface area contributed by atoms with Crippen LogP contribution in [-0.2, 0) is 14.3 Å². The van der Waals surface area contributed by atoms with Crippen molar-refractivity contribution in [1.29, 1.82) is 0 Å². The van der Waals surface area contributed by atoms with E-state index in [0.29, 0.717) is 26.2 Å². The highest BCUT2D eigenvalue weighted by atomic mass is 16.7. The molecule has 1 atom stereocenters. The molecule has 0 unspecified atom stereocenters. The highest BCUT2D eigenvalue weighted by Gasteiger charge is 2.41. The molecule has 0 N–H and O–H groups in total. The first-order chi connectivity index (χ1) is 16.5. The lowest BCUT2D eigenvalue weighted by Gasteiger charge is -2.37. The van der Waals surface area contributed by atoms with E-state index in [-0.39, 0.29) is 11.9 Å². The van der Waals surface area contributed by atoms with Crippen LogP contribution in [0, 0.1) is 13.8 Å². The zero-order valence-corrected chi connectivity index (χ0v) is 20.3. The van der Waals surface area contributed by atoms with Crippen molar-refractivity contribution in [3.63, 3.8) is 0 Å². The molecule has 0 saturated carbocycles. The lowest BCUT2D eigenvalue weighted by molar-refractivity contribution is -0.186. The van der Waals surface area contributed by atoms with Crippen LogP contribution in [0.15, 0.2) is 47.6 Å². The highest BCUT2D eigenvalue weighted by Crippen LogP contribution is 2.36. The Labute approximate surface area is 201 Å². The van der Waals surface area contributed by atoms with Crippen molar-refractivity contribution in [2.45, 2.75) is 44.9 Å². The number of benzene rings is 2. The fourth-order valence-electron chi connectivity index (χ4n) is 5.24. The van der Waals surface area contributed by atoms with Crippen LogP contribution in [0.4, 0.5) is 0 Å². The summed E-state index contributed by atoms with van der Waals surface area (Å²) in [4.78, 5) is 15.8. The van der Waals surface area contributed by atoms with Gasteiger partial charge in [0.1, 0.15) is 5.75 Å². The molecule has 34 heavy (non-hydrogen) atoms. The van der Waals surface area contributed by atoms with Gasteiger partial charge >= 0.3 is 0 Å². The third-order valence-corrected chi connectivity index (χ3v) is 7.16. The standard InChI is InChI=1S/C27H33N3O4/c1-19-4-9-23(20(2)16-19)25-17-24(21-5-7-22(32-3)8-6-21)28-30(25)26(31)18-29-12-10-27(11-13-29)33-14-15-34-27/h4-9,16,25H,10-15,17-18H2,1-3H3/t25-/m1/s1. The number of hydrogen-bond acceptors (Lipinski definition) is 6. The Bertz CT molecular complexity index is 1070. The molecule has 5 rings (SSSR count). The third kappa shape index (κ3) is 4.60. The zero-order chi connectivity index (χ0) is 23.7. The largest absolute Gasteiger partial charge is 0.497 e. The number of ether oxygens (including phenoxy) is 3. The number of rotatable bonds is 5. The Balaban J connectivity index is 1.36. The van der Waals surface area contributed by atoms with Gasteiger partial charge in [-0.15, -0.1) is 0 Å². The van der Waals surface area contributed by atoms with Crippen molar-refractivity contribution in [3.05, 3.63) is 64.7 Å². The Kier molecular flexibility index (Phi) is 6.42. The van der Waals surface area contributed by atoms with Gasteiger partial charge in [0, 0.05) is 32.4 Å². The minimum Gasteiger partial charge on any atom is -0.497 e. The molecule has 0 radical (unpaired) electrons. The summed E-state index contributed by atoms with van der Waals surface area (Å²) in [5, 5.41) is 6.57. The van der Waals surface area contributed by atoms with E-state index in [1.54, 1.807) is 12.1 Å². The van der Waals surface area contributed by atoms with Crippen LogP contribution in [0.5, 0.6) is 5.75 Å². The quantitative estimate of drug-likeness (QED) is 0.675. The maximum absolute atomic E-state index is 13.6. The van der Waals surface area contributed by atoms with Gasteiger partial charge in [0.2, 0.25) is 0 Å². The van der Waals surface area contributed by atoms with Gasteiger partial charge in [0.25, 0.3) is 5.91 Å². The number of piperidine rings is 1. The van der Waals surface area contributed by atoms with Crippen molar-refractivity contribution in [3.8, 4) is 5.75 Å². The summed E-state index contributed by atoms with van der Waals surface area (Å²) < 4.78 is 17.0. The molecule has 0 bridgehead atoms. The summed E-state index contributed by atoms with van der Waals surface area (Å²) in [5.74, 6) is 0.394. The second kappa shape index (κ2) is 9.49. The fourth-order valence-corrected chi connectivity index (χ4v) is 5.24. The topological polar surface area (TPSA) is 63.6 Å². The molecule has 3 heterocycles. The van der Waals surface area contributed by atoms with Gasteiger partial charge in [0.15, 0.2) is 5.79 Å². The van der Waals surface area contributed by atoms with Gasteiger partial charge in [-0.2, -0.15) is 5.10 Å². The maximum Gasteiger partial charge on any atom is 0.257 e. The van der Waals surface area contributed by atoms with Crippen LogP contribution < -0.4 is 4.74 Å². The average Bonchev–Trinajstić information content (AvgIpc) is 3.49. The summed E-state index contributed by atoms with van der Waals surface area (Å²) in [6, 6.07) is 14.2. The smallest absolute Gasteiger partial charge is 0.257 e. The van der Waals surface area contributed by atoms with E-state index in [9.17, 15) is 4.79 Å². The Morgan fingerprint density at radius 2 is 1.79 bits per heavy atom. The molecule has 2 aromatic rings. The van der Waals surface area contributed by atoms with Crippen LogP contribution in [-0.4, -0.2) is 67.3 Å². The molecule has 7 nitrogen and oxygen atoms in total. The Morgan fingerprint density at radius 1 is 1.09 bits per heavy atom. The van der Waals surface area contributed by atoms with Crippen molar-refractivity contribution in [2.75, 3.05) is 40.0 Å². The van der Waals surface area contributed by atoms with Crippen molar-refractivity contribution in [1.82, 2.24) is 9.91 Å². The molecule has 3 aliphatic rings. The molecule has 7 heteroatoms. The minimum atomic E-state index is -0.436. The Morgan fingerprint density at radius 3 is 2.44 bits per heavy atom. The van der Waals surface area contributed by atoms with Gasteiger partial charge in [0.05, 0.1) is 38.6 Å². The minimum absolute atomic E-state index is 0.0256. The molecular formula is C27H33N3O4. The molecule has 1 spiro atoms. The number of likely N-dealkylation sites (tertiary alicyclic amines) is 1. The van der Waals surface area contributed by atoms with Crippen LogP contribution in [0.25, 0.3) is 0 Å². The molecule has 2 aromatic carbocycles. The fraction of sp³-hybridized carbons (Fsp3) is 0.481. The monoisotopic (exact) mass is 463 g/mol. The number of hydrogen-bond donors (Lipinski definition) is 0. The highest BCUT2D eigenvalue weighted by molar-refractivity contribution is 6.03. The summed E-state index contributed by atoms with van der Waals surface area (Å²) >= 11 is 0. The van der Waals surface area contributed by atoms with Gasteiger partial charge in [-0.1, -0.05) is 23.8 Å². The van der Waals surface area contributed by atoms with E-state index in [0.717, 1.165) is 48.5 Å². The predicted octanol–water partition coefficient (Wildman–Crippen LogP) is 3.83. The number of carbonyl (C=O) groups is 1. The van der Waals surface area contributed by atoms with Crippen LogP contribution in [0.1, 0.15) is 47.6 Å². The number of methoxy groups -OCH3 is 1.